The zero-order chi connectivity index (χ0) is 11.6. The van der Waals surface area contributed by atoms with E-state index < -0.39 is 17.7 Å². The summed E-state index contributed by atoms with van der Waals surface area (Å²) in [6.07, 6.45) is 7.39. The summed E-state index contributed by atoms with van der Waals surface area (Å²) in [4.78, 5) is 0. The van der Waals surface area contributed by atoms with Gasteiger partial charge in [0.1, 0.15) is 0 Å². The Bertz CT molecular complexity index is 134. The van der Waals surface area contributed by atoms with E-state index in [0.717, 1.165) is 6.61 Å². The molecule has 0 radical (unpaired) electrons. The molecule has 0 aliphatic carbocycles. The molecule has 0 aromatic heterocycles. The third-order valence-corrected chi connectivity index (χ3v) is 14.3. The molecule has 0 spiro atoms. The average Bonchev–Trinajstić information content (AvgIpc) is 2.24. The van der Waals surface area contributed by atoms with Gasteiger partial charge in [-0.05, 0) is 0 Å². The molecule has 1 nitrogen and oxygen atoms in total. The van der Waals surface area contributed by atoms with Crippen LogP contribution in [0.5, 0.6) is 0 Å². The van der Waals surface area contributed by atoms with Crippen LogP contribution in [0.1, 0.15) is 59.3 Å². The van der Waals surface area contributed by atoms with Crippen LogP contribution in [0.4, 0.5) is 0 Å². The topological polar surface area (TPSA) is 9.23 Å². The van der Waals surface area contributed by atoms with E-state index in [0.29, 0.717) is 0 Å². The van der Waals surface area contributed by atoms with E-state index in [2.05, 4.69) is 20.8 Å². The summed E-state index contributed by atoms with van der Waals surface area (Å²) in [6.45, 7) is 7.57. The predicted octanol–water partition coefficient (Wildman–Crippen LogP) is 5.08. The molecule has 0 saturated heterocycles. The number of unbranched alkanes of at least 4 members (excludes halogenated alkanes) is 3. The summed E-state index contributed by atoms with van der Waals surface area (Å²) >= 11 is -2.62. The van der Waals surface area contributed by atoms with Crippen molar-refractivity contribution in [1.29, 1.82) is 0 Å². The number of hydrogen-bond acceptors (Lipinski definition) is 1. The first-order valence-electron chi connectivity index (χ1n) is 6.51. The van der Waals surface area contributed by atoms with Crippen LogP contribution >= 0.6 is 8.92 Å². The van der Waals surface area contributed by atoms with Crippen molar-refractivity contribution in [2.45, 2.75) is 68.2 Å². The SMILES string of the molecule is CCCC[O][Sn]([Cl])([CH2]CCC)[CH2]CCC. The first-order chi connectivity index (χ1) is 7.18. The Morgan fingerprint density at radius 2 is 1.33 bits per heavy atom. The van der Waals surface area contributed by atoms with Crippen LogP contribution < -0.4 is 0 Å². The van der Waals surface area contributed by atoms with E-state index in [9.17, 15) is 0 Å². The molecule has 0 saturated carbocycles. The Morgan fingerprint density at radius 3 is 1.73 bits per heavy atom. The van der Waals surface area contributed by atoms with Crippen molar-refractivity contribution in [2.24, 2.45) is 0 Å². The molecule has 0 atom stereocenters. The molecule has 0 bridgehead atoms. The zero-order valence-electron chi connectivity index (χ0n) is 10.7. The molecule has 0 aromatic carbocycles. The molecule has 92 valence electrons. The van der Waals surface area contributed by atoms with Crippen molar-refractivity contribution >= 4 is 26.6 Å². The molecule has 3 heteroatoms. The quantitative estimate of drug-likeness (QED) is 0.397. The van der Waals surface area contributed by atoms with E-state index in [4.69, 9.17) is 12.0 Å². The van der Waals surface area contributed by atoms with Gasteiger partial charge >= 0.3 is 104 Å². The third-order valence-electron chi connectivity index (χ3n) is 2.67. The van der Waals surface area contributed by atoms with Gasteiger partial charge in [-0.3, -0.25) is 0 Å². The van der Waals surface area contributed by atoms with Crippen molar-refractivity contribution in [3.63, 3.8) is 0 Å². The van der Waals surface area contributed by atoms with E-state index in [1.165, 1.54) is 47.4 Å². The molecule has 0 aliphatic heterocycles. The van der Waals surface area contributed by atoms with Crippen LogP contribution in [0.25, 0.3) is 0 Å². The zero-order valence-corrected chi connectivity index (χ0v) is 14.3. The van der Waals surface area contributed by atoms with Crippen LogP contribution in [0, 0.1) is 0 Å². The van der Waals surface area contributed by atoms with Gasteiger partial charge in [-0.25, -0.2) is 0 Å². The van der Waals surface area contributed by atoms with Gasteiger partial charge in [0.05, 0.1) is 0 Å². The van der Waals surface area contributed by atoms with Crippen LogP contribution in [-0.4, -0.2) is 24.3 Å². The molecule has 0 heterocycles. The average molecular weight is 342 g/mol. The molecule has 15 heavy (non-hydrogen) atoms. The van der Waals surface area contributed by atoms with Crippen molar-refractivity contribution in [3.8, 4) is 0 Å². The molecule has 0 unspecified atom stereocenters. The Kier molecular flexibility index (Phi) is 10.9. The predicted molar refractivity (Wildman–Crippen MR) is 71.9 cm³/mol. The normalized spacial score (nSPS) is 12.0. The van der Waals surface area contributed by atoms with Gasteiger partial charge in [0.15, 0.2) is 0 Å². The van der Waals surface area contributed by atoms with Crippen LogP contribution in [0.15, 0.2) is 0 Å². The van der Waals surface area contributed by atoms with Gasteiger partial charge in [0.25, 0.3) is 0 Å². The molecular weight excluding hydrogens is 314 g/mol. The minimum atomic E-state index is -2.62. The van der Waals surface area contributed by atoms with Crippen molar-refractivity contribution < 1.29 is 3.07 Å². The van der Waals surface area contributed by atoms with Gasteiger partial charge in [0.2, 0.25) is 0 Å². The fourth-order valence-corrected chi connectivity index (χ4v) is 11.9. The molecule has 0 aliphatic rings. The minimum absolute atomic E-state index is 0.906. The fourth-order valence-electron chi connectivity index (χ4n) is 1.55. The summed E-state index contributed by atoms with van der Waals surface area (Å²) in [5.41, 5.74) is 0. The van der Waals surface area contributed by atoms with Crippen LogP contribution in [0.2, 0.25) is 8.87 Å². The van der Waals surface area contributed by atoms with Crippen molar-refractivity contribution in [1.82, 2.24) is 0 Å². The Labute approximate surface area is 104 Å². The summed E-state index contributed by atoms with van der Waals surface area (Å²) in [7, 11) is 6.72. The molecule has 0 amide bonds. The molecule has 0 N–H and O–H groups in total. The Morgan fingerprint density at radius 1 is 0.867 bits per heavy atom. The second-order valence-electron chi connectivity index (χ2n) is 4.29. The second kappa shape index (κ2) is 10.2. The molecule has 0 fully saturated rings. The van der Waals surface area contributed by atoms with Crippen molar-refractivity contribution in [2.75, 3.05) is 6.61 Å². The van der Waals surface area contributed by atoms with Crippen LogP contribution in [0.3, 0.4) is 0 Å². The van der Waals surface area contributed by atoms with Gasteiger partial charge in [0, 0.05) is 0 Å². The van der Waals surface area contributed by atoms with E-state index in [-0.39, 0.29) is 0 Å². The maximum atomic E-state index is 6.72. The Hall–Kier alpha value is 1.05. The first kappa shape index (κ1) is 16.0. The van der Waals surface area contributed by atoms with Crippen molar-refractivity contribution in [3.05, 3.63) is 0 Å². The standard InChI is InChI=1S/C4H9O.2C4H9.ClH.Sn/c1-2-3-4-5;2*1-3-4-2;;/h2-4H2,1H3;2*1,3-4H2,2H3;1H;/q-1;;;;+2/p-1. The van der Waals surface area contributed by atoms with Gasteiger partial charge in [-0.15, -0.1) is 0 Å². The van der Waals surface area contributed by atoms with Crippen LogP contribution in [-0.2, 0) is 3.07 Å². The van der Waals surface area contributed by atoms with E-state index in [1.807, 2.05) is 0 Å². The summed E-state index contributed by atoms with van der Waals surface area (Å²) in [6, 6.07) is 0. The Balaban J connectivity index is 3.89. The molecule has 0 rings (SSSR count). The van der Waals surface area contributed by atoms with Gasteiger partial charge in [-0.1, -0.05) is 0 Å². The third kappa shape index (κ3) is 8.82. The van der Waals surface area contributed by atoms with E-state index >= 15 is 0 Å². The first-order valence-corrected chi connectivity index (χ1v) is 15.3. The number of halogens is 1. The molecule has 0 aromatic rings. The van der Waals surface area contributed by atoms with Gasteiger partial charge < -0.3 is 0 Å². The maximum absolute atomic E-state index is 6.72. The second-order valence-corrected chi connectivity index (χ2v) is 17.6. The van der Waals surface area contributed by atoms with Gasteiger partial charge in [-0.2, -0.15) is 0 Å². The number of rotatable bonds is 10. The summed E-state index contributed by atoms with van der Waals surface area (Å²) < 4.78 is 8.46. The van der Waals surface area contributed by atoms with E-state index in [1.54, 1.807) is 0 Å². The summed E-state index contributed by atoms with van der Waals surface area (Å²) in [5.74, 6) is 0. The molecular formula is C12H27ClOSn. The fraction of sp³-hybridized carbons (Fsp3) is 1.00. The number of hydrogen-bond donors (Lipinski definition) is 0. The summed E-state index contributed by atoms with van der Waals surface area (Å²) in [5, 5.41) is 0. The monoisotopic (exact) mass is 342 g/mol.